The molecule has 0 saturated carbocycles. The van der Waals surface area contributed by atoms with Gasteiger partial charge in [-0.2, -0.15) is 0 Å². The first kappa shape index (κ1) is 12.0. The molecule has 0 radical (unpaired) electrons. The number of amides is 1. The number of carbonyl (C=O) groups excluding carboxylic acids is 1. The van der Waals surface area contributed by atoms with Crippen molar-refractivity contribution in [2.24, 2.45) is 0 Å². The Hall–Kier alpha value is -1.49. The van der Waals surface area contributed by atoms with E-state index in [1.165, 1.54) is 0 Å². The number of likely N-dealkylation sites (N-methyl/N-ethyl adjacent to an activating group) is 1. The highest BCUT2D eigenvalue weighted by Crippen LogP contribution is 2.12. The number of carbonyl (C=O) groups is 1. The molecule has 1 fully saturated rings. The molecule has 3 N–H and O–H groups in total. The Morgan fingerprint density at radius 2 is 2.41 bits per heavy atom. The van der Waals surface area contributed by atoms with Crippen LogP contribution in [-0.4, -0.2) is 41.6 Å². The van der Waals surface area contributed by atoms with Gasteiger partial charge >= 0.3 is 0 Å². The van der Waals surface area contributed by atoms with Crippen molar-refractivity contribution in [2.75, 3.05) is 25.9 Å². The van der Waals surface area contributed by atoms with E-state index in [4.69, 9.17) is 5.73 Å². The second kappa shape index (κ2) is 4.79. The maximum absolute atomic E-state index is 12.1. The maximum atomic E-state index is 12.1. The minimum Gasteiger partial charge on any atom is -0.397 e. The zero-order valence-electron chi connectivity index (χ0n) is 10.4. The van der Waals surface area contributed by atoms with Crippen molar-refractivity contribution in [1.29, 1.82) is 0 Å². The van der Waals surface area contributed by atoms with Crippen molar-refractivity contribution in [3.8, 4) is 0 Å². The van der Waals surface area contributed by atoms with Gasteiger partial charge in [-0.1, -0.05) is 0 Å². The summed E-state index contributed by atoms with van der Waals surface area (Å²) in [5.74, 6) is -0.0242. The van der Waals surface area contributed by atoms with Crippen LogP contribution in [0.2, 0.25) is 0 Å². The number of anilines is 1. The Labute approximate surface area is 102 Å². The van der Waals surface area contributed by atoms with Crippen LogP contribution in [0.1, 0.15) is 23.8 Å². The van der Waals surface area contributed by atoms with Gasteiger partial charge in [-0.05, 0) is 33.0 Å². The van der Waals surface area contributed by atoms with E-state index in [2.05, 4.69) is 17.3 Å². The van der Waals surface area contributed by atoms with Gasteiger partial charge in [-0.25, -0.2) is 0 Å². The largest absolute Gasteiger partial charge is 0.397 e. The number of nitrogen functional groups attached to an aromatic ring is 1. The van der Waals surface area contributed by atoms with E-state index in [1.54, 1.807) is 12.3 Å². The van der Waals surface area contributed by atoms with Gasteiger partial charge < -0.3 is 20.5 Å². The SMILES string of the molecule is CCn1cc(N)cc1C(=O)NC1CCN(C)C1. The topological polar surface area (TPSA) is 63.3 Å². The van der Waals surface area contributed by atoms with Crippen LogP contribution < -0.4 is 11.1 Å². The number of hydrogen-bond donors (Lipinski definition) is 2. The van der Waals surface area contributed by atoms with E-state index < -0.39 is 0 Å². The number of likely N-dealkylation sites (tertiary alicyclic amines) is 1. The van der Waals surface area contributed by atoms with Crippen LogP contribution in [0.3, 0.4) is 0 Å². The lowest BCUT2D eigenvalue weighted by atomic mass is 10.2. The number of rotatable bonds is 3. The molecule has 1 unspecified atom stereocenters. The van der Waals surface area contributed by atoms with Crippen LogP contribution in [-0.2, 0) is 6.54 Å². The first-order chi connectivity index (χ1) is 8.10. The number of aromatic nitrogens is 1. The van der Waals surface area contributed by atoms with Crippen molar-refractivity contribution in [2.45, 2.75) is 25.9 Å². The van der Waals surface area contributed by atoms with Crippen LogP contribution >= 0.6 is 0 Å². The van der Waals surface area contributed by atoms with Gasteiger partial charge in [0.15, 0.2) is 0 Å². The Balaban J connectivity index is 2.04. The number of nitrogens with zero attached hydrogens (tertiary/aromatic N) is 2. The lowest BCUT2D eigenvalue weighted by molar-refractivity contribution is 0.0929. The lowest BCUT2D eigenvalue weighted by Gasteiger charge is -2.13. The fourth-order valence-corrected chi connectivity index (χ4v) is 2.30. The maximum Gasteiger partial charge on any atom is 0.268 e. The second-order valence-electron chi connectivity index (χ2n) is 4.67. The summed E-state index contributed by atoms with van der Waals surface area (Å²) in [5.41, 5.74) is 7.01. The molecule has 17 heavy (non-hydrogen) atoms. The normalized spacial score (nSPS) is 20.7. The van der Waals surface area contributed by atoms with Crippen molar-refractivity contribution in [3.63, 3.8) is 0 Å². The van der Waals surface area contributed by atoms with Crippen molar-refractivity contribution in [1.82, 2.24) is 14.8 Å². The van der Waals surface area contributed by atoms with E-state index in [9.17, 15) is 4.79 Å². The molecule has 0 aromatic carbocycles. The molecule has 1 aromatic heterocycles. The Morgan fingerprint density at radius 1 is 1.65 bits per heavy atom. The fraction of sp³-hybridized carbons (Fsp3) is 0.583. The summed E-state index contributed by atoms with van der Waals surface area (Å²) < 4.78 is 1.88. The van der Waals surface area contributed by atoms with Gasteiger partial charge in [0.2, 0.25) is 0 Å². The van der Waals surface area contributed by atoms with Gasteiger partial charge in [0.25, 0.3) is 5.91 Å². The Bertz CT molecular complexity index is 413. The molecule has 1 saturated heterocycles. The van der Waals surface area contributed by atoms with Crippen LogP contribution in [0.4, 0.5) is 5.69 Å². The fourth-order valence-electron chi connectivity index (χ4n) is 2.30. The first-order valence-electron chi connectivity index (χ1n) is 6.05. The zero-order valence-corrected chi connectivity index (χ0v) is 10.4. The van der Waals surface area contributed by atoms with Gasteiger partial charge in [0.05, 0.1) is 5.69 Å². The molecular weight excluding hydrogens is 216 g/mol. The van der Waals surface area contributed by atoms with E-state index in [-0.39, 0.29) is 11.9 Å². The summed E-state index contributed by atoms with van der Waals surface area (Å²) >= 11 is 0. The molecular formula is C12H20N4O. The third-order valence-electron chi connectivity index (χ3n) is 3.22. The average molecular weight is 236 g/mol. The third kappa shape index (κ3) is 2.61. The van der Waals surface area contributed by atoms with Gasteiger partial charge in [0, 0.05) is 25.3 Å². The van der Waals surface area contributed by atoms with Gasteiger partial charge in [0.1, 0.15) is 5.69 Å². The highest BCUT2D eigenvalue weighted by molar-refractivity contribution is 5.94. The highest BCUT2D eigenvalue weighted by Gasteiger charge is 2.22. The average Bonchev–Trinajstić information content (AvgIpc) is 2.84. The van der Waals surface area contributed by atoms with E-state index >= 15 is 0 Å². The standard InChI is InChI=1S/C12H20N4O/c1-3-16-7-9(13)6-11(16)12(17)14-10-4-5-15(2)8-10/h6-7,10H,3-5,8,13H2,1-2H3,(H,14,17). The zero-order chi connectivity index (χ0) is 12.4. The molecule has 5 nitrogen and oxygen atoms in total. The number of nitrogens with two attached hydrogens (primary N) is 1. The molecule has 1 amide bonds. The molecule has 94 valence electrons. The first-order valence-corrected chi connectivity index (χ1v) is 6.05. The minimum absolute atomic E-state index is 0.0242. The van der Waals surface area contributed by atoms with E-state index in [0.717, 1.165) is 26.1 Å². The number of nitrogens with one attached hydrogen (secondary N) is 1. The molecule has 2 rings (SSSR count). The van der Waals surface area contributed by atoms with Crippen LogP contribution in [0, 0.1) is 0 Å². The predicted molar refractivity (Wildman–Crippen MR) is 67.9 cm³/mol. The summed E-state index contributed by atoms with van der Waals surface area (Å²) in [6, 6.07) is 1.99. The van der Waals surface area contributed by atoms with Gasteiger partial charge in [-0.15, -0.1) is 0 Å². The smallest absolute Gasteiger partial charge is 0.268 e. The molecule has 0 spiro atoms. The summed E-state index contributed by atoms with van der Waals surface area (Å²) in [4.78, 5) is 14.3. The molecule has 1 atom stereocenters. The minimum atomic E-state index is -0.0242. The summed E-state index contributed by atoms with van der Waals surface area (Å²) in [6.45, 7) is 4.72. The summed E-state index contributed by atoms with van der Waals surface area (Å²) in [5, 5.41) is 3.06. The van der Waals surface area contributed by atoms with Crippen LogP contribution in [0.5, 0.6) is 0 Å². The second-order valence-corrected chi connectivity index (χ2v) is 4.67. The molecule has 0 aliphatic carbocycles. The number of hydrogen-bond acceptors (Lipinski definition) is 3. The van der Waals surface area contributed by atoms with Crippen molar-refractivity contribution in [3.05, 3.63) is 18.0 Å². The van der Waals surface area contributed by atoms with Crippen molar-refractivity contribution >= 4 is 11.6 Å². The summed E-state index contributed by atoms with van der Waals surface area (Å²) in [7, 11) is 2.07. The molecule has 5 heteroatoms. The van der Waals surface area contributed by atoms with Crippen molar-refractivity contribution < 1.29 is 4.79 Å². The third-order valence-corrected chi connectivity index (χ3v) is 3.22. The molecule has 1 aliphatic rings. The predicted octanol–water partition coefficient (Wildman–Crippen LogP) is 0.524. The molecule has 0 bridgehead atoms. The monoisotopic (exact) mass is 236 g/mol. The molecule has 2 heterocycles. The summed E-state index contributed by atoms with van der Waals surface area (Å²) in [6.07, 6.45) is 2.82. The Morgan fingerprint density at radius 3 is 3.00 bits per heavy atom. The molecule has 1 aliphatic heterocycles. The van der Waals surface area contributed by atoms with Crippen LogP contribution in [0.25, 0.3) is 0 Å². The van der Waals surface area contributed by atoms with E-state index in [0.29, 0.717) is 11.4 Å². The quantitative estimate of drug-likeness (QED) is 0.804. The van der Waals surface area contributed by atoms with Gasteiger partial charge in [-0.3, -0.25) is 4.79 Å². The highest BCUT2D eigenvalue weighted by atomic mass is 16.2. The molecule has 1 aromatic rings. The Kier molecular flexibility index (Phi) is 3.38. The number of aryl methyl sites for hydroxylation is 1. The lowest BCUT2D eigenvalue weighted by Crippen LogP contribution is -2.37. The van der Waals surface area contributed by atoms with E-state index in [1.807, 2.05) is 11.5 Å². The van der Waals surface area contributed by atoms with Crippen LogP contribution in [0.15, 0.2) is 12.3 Å².